The van der Waals surface area contributed by atoms with Crippen molar-refractivity contribution in [1.29, 1.82) is 0 Å². The monoisotopic (exact) mass is 254 g/mol. The van der Waals surface area contributed by atoms with Gasteiger partial charge in [0.1, 0.15) is 29.9 Å². The molecule has 2 aliphatic heterocycles. The molecule has 0 aromatic rings. The molecule has 2 unspecified atom stereocenters. The Morgan fingerprint density at radius 1 is 1.39 bits per heavy atom. The largest absolute Gasteiger partial charge is 0.390 e. The first-order valence-corrected chi connectivity index (χ1v) is 5.95. The van der Waals surface area contributed by atoms with Crippen molar-refractivity contribution in [2.45, 2.75) is 43.2 Å². The van der Waals surface area contributed by atoms with Crippen LogP contribution in [0.4, 0.5) is 4.39 Å². The Hall–Kier alpha value is -1.47. The zero-order chi connectivity index (χ0) is 12.9. The second-order valence-electron chi connectivity index (χ2n) is 4.87. The first kappa shape index (κ1) is 11.6. The van der Waals surface area contributed by atoms with E-state index in [-0.39, 0.29) is 11.9 Å². The third-order valence-corrected chi connectivity index (χ3v) is 3.83. The maximum absolute atomic E-state index is 13.9. The lowest BCUT2D eigenvalue weighted by Gasteiger charge is -2.34. The quantitative estimate of drug-likeness (QED) is 0.567. The van der Waals surface area contributed by atoms with E-state index in [0.29, 0.717) is 12.8 Å². The highest BCUT2D eigenvalue weighted by atomic mass is 19.1. The second kappa shape index (κ2) is 4.03. The molecule has 1 aliphatic carbocycles. The van der Waals surface area contributed by atoms with Crippen LogP contribution in [-0.4, -0.2) is 57.6 Å². The Morgan fingerprint density at radius 2 is 2.17 bits per heavy atom. The Kier molecular flexibility index (Phi) is 2.60. The minimum atomic E-state index is -0.886. The number of fused-ring (bicyclic) bond motifs is 1. The van der Waals surface area contributed by atoms with E-state index < -0.39 is 30.1 Å². The van der Waals surface area contributed by atoms with Gasteiger partial charge in [-0.3, -0.25) is 4.99 Å². The summed E-state index contributed by atoms with van der Waals surface area (Å²) in [6.07, 6.45) is 2.05. The number of amidine groups is 1. The van der Waals surface area contributed by atoms with Crippen molar-refractivity contribution in [2.24, 2.45) is 15.7 Å². The van der Waals surface area contributed by atoms with E-state index in [0.717, 1.165) is 6.20 Å². The van der Waals surface area contributed by atoms with Gasteiger partial charge in [-0.25, -0.2) is 9.38 Å². The van der Waals surface area contributed by atoms with Gasteiger partial charge in [-0.1, -0.05) is 0 Å². The van der Waals surface area contributed by atoms with Gasteiger partial charge in [0.05, 0.1) is 24.7 Å². The van der Waals surface area contributed by atoms with Crippen molar-refractivity contribution >= 4 is 12.2 Å². The predicted molar refractivity (Wildman–Crippen MR) is 63.8 cm³/mol. The predicted octanol–water partition coefficient (Wildman–Crippen LogP) is -0.867. The van der Waals surface area contributed by atoms with E-state index in [9.17, 15) is 14.6 Å². The Balaban J connectivity index is 1.86. The zero-order valence-electron chi connectivity index (χ0n) is 9.65. The molecule has 0 spiro atoms. The number of nitrogens with two attached hydrogens (primary N) is 1. The van der Waals surface area contributed by atoms with Crippen molar-refractivity contribution < 1.29 is 14.6 Å². The molecule has 1 saturated carbocycles. The average Bonchev–Trinajstić information content (AvgIpc) is 2.91. The van der Waals surface area contributed by atoms with Gasteiger partial charge < -0.3 is 20.8 Å². The molecule has 98 valence electrons. The van der Waals surface area contributed by atoms with E-state index in [1.807, 2.05) is 0 Å². The summed E-state index contributed by atoms with van der Waals surface area (Å²) in [5.74, 6) is -0.145. The lowest BCUT2D eigenvalue weighted by atomic mass is 10.0. The number of halogens is 1. The van der Waals surface area contributed by atoms with Crippen molar-refractivity contribution in [3.8, 4) is 0 Å². The number of aliphatic hydroxyl groups is 2. The van der Waals surface area contributed by atoms with Gasteiger partial charge in [-0.05, 0) is 12.8 Å². The molecule has 0 aromatic carbocycles. The fourth-order valence-corrected chi connectivity index (χ4v) is 2.84. The lowest BCUT2D eigenvalue weighted by Crippen LogP contribution is -2.51. The Bertz CT molecular complexity index is 450. The van der Waals surface area contributed by atoms with Crippen molar-refractivity contribution in [1.82, 2.24) is 4.90 Å². The molecule has 0 aromatic heterocycles. The maximum Gasteiger partial charge on any atom is 0.143 e. The summed E-state index contributed by atoms with van der Waals surface area (Å²) in [7, 11) is 0. The van der Waals surface area contributed by atoms with Gasteiger partial charge in [-0.15, -0.1) is 0 Å². The SMILES string of the molecule is NC1=NC=C(F)C2C1N=CN2[C@@H]1CC[C@@H](O)[C@H]1O. The summed E-state index contributed by atoms with van der Waals surface area (Å²) in [4.78, 5) is 9.55. The molecule has 2 heterocycles. The number of hydrogen-bond acceptors (Lipinski definition) is 6. The van der Waals surface area contributed by atoms with E-state index in [1.165, 1.54) is 6.34 Å². The molecule has 0 saturated heterocycles. The van der Waals surface area contributed by atoms with E-state index in [2.05, 4.69) is 9.98 Å². The number of rotatable bonds is 1. The summed E-state index contributed by atoms with van der Waals surface area (Å²) in [5, 5.41) is 19.5. The van der Waals surface area contributed by atoms with Crippen LogP contribution in [0.15, 0.2) is 22.0 Å². The first-order chi connectivity index (χ1) is 8.59. The van der Waals surface area contributed by atoms with E-state index in [1.54, 1.807) is 4.90 Å². The molecule has 6 nitrogen and oxygen atoms in total. The maximum atomic E-state index is 13.9. The van der Waals surface area contributed by atoms with Gasteiger partial charge >= 0.3 is 0 Å². The fraction of sp³-hybridized carbons (Fsp3) is 0.636. The van der Waals surface area contributed by atoms with Crippen LogP contribution >= 0.6 is 0 Å². The molecule has 18 heavy (non-hydrogen) atoms. The number of aliphatic imine (C=N–C) groups is 2. The van der Waals surface area contributed by atoms with Crippen LogP contribution in [0.3, 0.4) is 0 Å². The van der Waals surface area contributed by atoms with Gasteiger partial charge in [0.15, 0.2) is 0 Å². The Morgan fingerprint density at radius 3 is 2.83 bits per heavy atom. The highest BCUT2D eigenvalue weighted by Crippen LogP contribution is 2.33. The van der Waals surface area contributed by atoms with Crippen LogP contribution < -0.4 is 5.73 Å². The highest BCUT2D eigenvalue weighted by Gasteiger charge is 2.46. The lowest BCUT2D eigenvalue weighted by molar-refractivity contribution is 0.0106. The standard InChI is InChI=1S/C11H15FN4O2/c12-5-3-14-11(13)8-9(5)16(4-15-8)6-1-2-7(17)10(6)18/h3-4,6-10,17-18H,1-2H2,(H2,13,14)/t6-,7-,8?,9?,10+/m1/s1. The molecule has 3 aliphatic rings. The van der Waals surface area contributed by atoms with Crippen LogP contribution in [0.25, 0.3) is 0 Å². The molecule has 0 radical (unpaired) electrons. The van der Waals surface area contributed by atoms with Crippen LogP contribution in [0.5, 0.6) is 0 Å². The third-order valence-electron chi connectivity index (χ3n) is 3.83. The average molecular weight is 254 g/mol. The molecule has 0 bridgehead atoms. The smallest absolute Gasteiger partial charge is 0.143 e. The van der Waals surface area contributed by atoms with Crippen LogP contribution in [-0.2, 0) is 0 Å². The van der Waals surface area contributed by atoms with Crippen molar-refractivity contribution in [3.63, 3.8) is 0 Å². The van der Waals surface area contributed by atoms with Crippen LogP contribution in [0.1, 0.15) is 12.8 Å². The minimum absolute atomic E-state index is 0.271. The van der Waals surface area contributed by atoms with E-state index in [4.69, 9.17) is 5.73 Å². The second-order valence-corrected chi connectivity index (χ2v) is 4.87. The summed E-state index contributed by atoms with van der Waals surface area (Å²) in [6, 6.07) is -1.49. The summed E-state index contributed by atoms with van der Waals surface area (Å²) < 4.78 is 13.9. The molecule has 1 fully saturated rings. The minimum Gasteiger partial charge on any atom is -0.390 e. The first-order valence-electron chi connectivity index (χ1n) is 5.95. The van der Waals surface area contributed by atoms with Gasteiger partial charge in [-0.2, -0.15) is 0 Å². The molecule has 0 amide bonds. The molecule has 5 atom stereocenters. The fourth-order valence-electron chi connectivity index (χ4n) is 2.84. The van der Waals surface area contributed by atoms with Crippen molar-refractivity contribution in [2.75, 3.05) is 0 Å². The molecule has 7 heteroatoms. The molecular formula is C11H15FN4O2. The normalized spacial score (nSPS) is 42.8. The third kappa shape index (κ3) is 1.54. The summed E-state index contributed by atoms with van der Waals surface area (Å²) in [6.45, 7) is 0. The number of aliphatic hydroxyl groups excluding tert-OH is 2. The van der Waals surface area contributed by atoms with Crippen LogP contribution in [0.2, 0.25) is 0 Å². The van der Waals surface area contributed by atoms with E-state index >= 15 is 0 Å². The van der Waals surface area contributed by atoms with Gasteiger partial charge in [0, 0.05) is 0 Å². The van der Waals surface area contributed by atoms with Gasteiger partial charge in [0.25, 0.3) is 0 Å². The highest BCUT2D eigenvalue weighted by molar-refractivity contribution is 5.91. The van der Waals surface area contributed by atoms with Crippen molar-refractivity contribution in [3.05, 3.63) is 12.0 Å². The molecular weight excluding hydrogens is 239 g/mol. The number of hydrogen-bond donors (Lipinski definition) is 3. The molecule has 4 N–H and O–H groups in total. The summed E-state index contributed by atoms with van der Waals surface area (Å²) >= 11 is 0. The zero-order valence-corrected chi connectivity index (χ0v) is 9.65. The molecule has 3 rings (SSSR count). The number of nitrogens with zero attached hydrogens (tertiary/aromatic N) is 3. The van der Waals surface area contributed by atoms with Gasteiger partial charge in [0.2, 0.25) is 0 Å². The Labute approximate surface area is 103 Å². The van der Waals surface area contributed by atoms with Crippen LogP contribution in [0, 0.1) is 0 Å². The topological polar surface area (TPSA) is 94.4 Å². The summed E-state index contributed by atoms with van der Waals surface area (Å²) in [5.41, 5.74) is 5.69.